The number of amides is 2. The van der Waals surface area contributed by atoms with Crippen molar-refractivity contribution in [2.24, 2.45) is 0 Å². The number of rotatable bonds is 5. The van der Waals surface area contributed by atoms with Gasteiger partial charge in [-0.15, -0.1) is 0 Å². The van der Waals surface area contributed by atoms with E-state index in [1.54, 1.807) is 11.0 Å². The van der Waals surface area contributed by atoms with E-state index in [4.69, 9.17) is 4.74 Å². The molecule has 160 valence electrons. The molecule has 2 aliphatic heterocycles. The van der Waals surface area contributed by atoms with E-state index in [2.05, 4.69) is 0 Å². The van der Waals surface area contributed by atoms with Crippen molar-refractivity contribution in [2.45, 2.75) is 13.0 Å². The van der Waals surface area contributed by atoms with Crippen LogP contribution in [0.2, 0.25) is 0 Å². The zero-order chi connectivity index (χ0) is 21.3. The quantitative estimate of drug-likeness (QED) is 0.606. The third-order valence-electron chi connectivity index (χ3n) is 4.97. The van der Waals surface area contributed by atoms with Crippen molar-refractivity contribution in [1.29, 1.82) is 0 Å². The molecule has 2 amide bonds. The van der Waals surface area contributed by atoms with E-state index in [0.29, 0.717) is 18.8 Å². The fraction of sp³-hybridized carbons (Fsp3) is 0.529. The molecule has 3 rings (SSSR count). The van der Waals surface area contributed by atoms with Crippen LogP contribution >= 0.6 is 0 Å². The molecule has 2 atom stereocenters. The highest BCUT2D eigenvalue weighted by Crippen LogP contribution is 2.28. The second-order valence-corrected chi connectivity index (χ2v) is 9.07. The number of carbonyl (C=O) groups is 2. The molecule has 0 bridgehead atoms. The molecule has 2 heterocycles. The number of carbonyl (C=O) groups excluding carboxylic acids is 2. The van der Waals surface area contributed by atoms with Crippen LogP contribution in [-0.4, -0.2) is 76.4 Å². The molecule has 0 aliphatic carbocycles. The Hall–Kier alpha value is -2.28. The molecule has 1 N–H and O–H groups in total. The third-order valence-corrected chi connectivity index (χ3v) is 6.27. The van der Waals surface area contributed by atoms with Crippen LogP contribution < -0.4 is 14.9 Å². The van der Waals surface area contributed by atoms with Crippen molar-refractivity contribution >= 4 is 33.4 Å². The molecule has 0 saturated carbocycles. The summed E-state index contributed by atoms with van der Waals surface area (Å²) in [7, 11) is -3.28. The van der Waals surface area contributed by atoms with E-state index < -0.39 is 39.0 Å². The van der Waals surface area contributed by atoms with E-state index in [1.807, 2.05) is 0 Å². The molecule has 12 heteroatoms. The van der Waals surface area contributed by atoms with Crippen molar-refractivity contribution < 1.29 is 32.2 Å². The van der Waals surface area contributed by atoms with Crippen LogP contribution in [0.15, 0.2) is 18.2 Å². The Kier molecular flexibility index (Phi) is 6.08. The topological polar surface area (TPSA) is 115 Å². The predicted molar refractivity (Wildman–Crippen MR) is 103 cm³/mol. The lowest BCUT2D eigenvalue weighted by atomic mass is 10.2. The van der Waals surface area contributed by atoms with Crippen LogP contribution in [0.4, 0.5) is 20.6 Å². The molecular formula is C17H23FN4O6S. The number of ether oxygens (including phenoxy) is 1. The third kappa shape index (κ3) is 4.83. The summed E-state index contributed by atoms with van der Waals surface area (Å²) in [6.45, 7) is 2.23. The average molecular weight is 430 g/mol. The lowest BCUT2D eigenvalue weighted by Crippen LogP contribution is -3.10. The molecule has 10 nitrogen and oxygen atoms in total. The maximum absolute atomic E-state index is 14.7. The SMILES string of the molecule is CC(=O)[NH+]([O-])C[C@@H]1CN(c2ccc(N3CCN(S(C)(=O)=O)CC3)c(F)c2)C(=O)O1. The van der Waals surface area contributed by atoms with Crippen LogP contribution in [0, 0.1) is 11.0 Å². The number of hydrogen-bond donors (Lipinski definition) is 1. The summed E-state index contributed by atoms with van der Waals surface area (Å²) in [5.74, 6) is -1.16. The predicted octanol–water partition coefficient (Wildman–Crippen LogP) is -0.838. The number of hydrogen-bond acceptors (Lipinski definition) is 7. The van der Waals surface area contributed by atoms with Gasteiger partial charge in [-0.2, -0.15) is 4.31 Å². The van der Waals surface area contributed by atoms with Gasteiger partial charge >= 0.3 is 12.0 Å². The Bertz CT molecular complexity index is 903. The highest BCUT2D eigenvalue weighted by molar-refractivity contribution is 7.88. The fourth-order valence-electron chi connectivity index (χ4n) is 3.37. The summed E-state index contributed by atoms with van der Waals surface area (Å²) in [6, 6.07) is 4.30. The monoisotopic (exact) mass is 430 g/mol. The van der Waals surface area contributed by atoms with Crippen LogP contribution in [0.25, 0.3) is 0 Å². The lowest BCUT2D eigenvalue weighted by Gasteiger charge is -2.35. The molecule has 1 aromatic carbocycles. The molecule has 0 aromatic heterocycles. The van der Waals surface area contributed by atoms with Gasteiger partial charge in [-0.3, -0.25) is 4.90 Å². The van der Waals surface area contributed by atoms with Gasteiger partial charge in [0.25, 0.3) is 0 Å². The maximum atomic E-state index is 14.7. The number of anilines is 2. The van der Waals surface area contributed by atoms with Crippen molar-refractivity contribution in [2.75, 3.05) is 55.3 Å². The second-order valence-electron chi connectivity index (χ2n) is 7.08. The summed E-state index contributed by atoms with van der Waals surface area (Å²) in [4.78, 5) is 26.1. The number of piperazine rings is 1. The second kappa shape index (κ2) is 8.22. The van der Waals surface area contributed by atoms with Gasteiger partial charge in [-0.1, -0.05) is 0 Å². The molecule has 1 unspecified atom stereocenters. The van der Waals surface area contributed by atoms with E-state index in [-0.39, 0.29) is 31.9 Å². The zero-order valence-corrected chi connectivity index (χ0v) is 16.9. The molecule has 0 radical (unpaired) electrons. The van der Waals surface area contributed by atoms with Crippen LogP contribution in [0.5, 0.6) is 0 Å². The smallest absolute Gasteiger partial charge is 0.414 e. The van der Waals surface area contributed by atoms with E-state index in [1.165, 1.54) is 21.3 Å². The average Bonchev–Trinajstić information content (AvgIpc) is 3.01. The minimum Gasteiger partial charge on any atom is -0.627 e. The van der Waals surface area contributed by atoms with E-state index in [0.717, 1.165) is 13.2 Å². The minimum absolute atomic E-state index is 0.0453. The molecule has 0 spiro atoms. The number of nitrogens with one attached hydrogen (secondary N) is 1. The molecule has 2 aliphatic rings. The van der Waals surface area contributed by atoms with Gasteiger partial charge in [0.2, 0.25) is 10.0 Å². The van der Waals surface area contributed by atoms with Crippen molar-refractivity contribution in [3.8, 4) is 0 Å². The Morgan fingerprint density at radius 2 is 1.97 bits per heavy atom. The Balaban J connectivity index is 1.67. The normalized spacial score (nSPS) is 21.9. The van der Waals surface area contributed by atoms with E-state index in [9.17, 15) is 27.6 Å². The van der Waals surface area contributed by atoms with Gasteiger partial charge in [-0.25, -0.2) is 22.4 Å². The van der Waals surface area contributed by atoms with Gasteiger partial charge in [0, 0.05) is 26.2 Å². The van der Waals surface area contributed by atoms with Gasteiger partial charge < -0.3 is 19.9 Å². The standard InChI is InChI=1S/C17H23FN4O6S/c1-12(23)22(25)11-14-10-21(17(24)28-14)13-3-4-16(15(18)9-13)19-5-7-20(8-6-19)29(2,26)27/h3-4,9,14,22H,5-8,10-11H2,1-2H3/t14-/m0/s1. The van der Waals surface area contributed by atoms with Crippen LogP contribution in [-0.2, 0) is 19.6 Å². The molecule has 29 heavy (non-hydrogen) atoms. The summed E-state index contributed by atoms with van der Waals surface area (Å²) in [5.41, 5.74) is 0.599. The van der Waals surface area contributed by atoms with Gasteiger partial charge in [0.15, 0.2) is 6.10 Å². The highest BCUT2D eigenvalue weighted by Gasteiger charge is 2.35. The molecule has 2 fully saturated rings. The minimum atomic E-state index is -3.28. The summed E-state index contributed by atoms with van der Waals surface area (Å²) in [5, 5.41) is 10.9. The van der Waals surface area contributed by atoms with Gasteiger partial charge in [0.05, 0.1) is 31.1 Å². The number of quaternary nitrogens is 1. The van der Waals surface area contributed by atoms with Crippen LogP contribution in [0.1, 0.15) is 6.92 Å². The molecule has 1 aromatic rings. The Morgan fingerprint density at radius 1 is 1.31 bits per heavy atom. The summed E-state index contributed by atoms with van der Waals surface area (Å²) in [6.07, 6.45) is -0.323. The summed E-state index contributed by atoms with van der Waals surface area (Å²) >= 11 is 0. The number of halogens is 1. The Labute approximate surface area is 168 Å². The zero-order valence-electron chi connectivity index (χ0n) is 16.1. The first-order valence-corrected chi connectivity index (χ1v) is 10.9. The number of benzene rings is 1. The number of nitrogens with zero attached hydrogens (tertiary/aromatic N) is 3. The number of cyclic esters (lactones) is 1. The largest absolute Gasteiger partial charge is 0.627 e. The van der Waals surface area contributed by atoms with Crippen molar-refractivity contribution in [3.05, 3.63) is 29.2 Å². The van der Waals surface area contributed by atoms with Crippen molar-refractivity contribution in [3.63, 3.8) is 0 Å². The van der Waals surface area contributed by atoms with Crippen LogP contribution in [0.3, 0.4) is 0 Å². The van der Waals surface area contributed by atoms with Crippen molar-refractivity contribution in [1.82, 2.24) is 4.31 Å². The first-order valence-electron chi connectivity index (χ1n) is 9.08. The fourth-order valence-corrected chi connectivity index (χ4v) is 4.20. The number of sulfonamides is 1. The Morgan fingerprint density at radius 3 is 2.52 bits per heavy atom. The lowest BCUT2D eigenvalue weighted by molar-refractivity contribution is -0.768. The first kappa shape index (κ1) is 21.4. The highest BCUT2D eigenvalue weighted by atomic mass is 32.2. The van der Waals surface area contributed by atoms with E-state index >= 15 is 0 Å². The number of hydroxylamine groups is 2. The first-order chi connectivity index (χ1) is 13.6. The molecule has 2 saturated heterocycles. The van der Waals surface area contributed by atoms with Gasteiger partial charge in [0.1, 0.15) is 12.4 Å². The maximum Gasteiger partial charge on any atom is 0.414 e. The molecular weight excluding hydrogens is 407 g/mol. The summed E-state index contributed by atoms with van der Waals surface area (Å²) < 4.78 is 44.3. The van der Waals surface area contributed by atoms with Gasteiger partial charge in [-0.05, 0) is 18.2 Å².